The van der Waals surface area contributed by atoms with Crippen molar-refractivity contribution in [3.05, 3.63) is 29.8 Å². The molecule has 0 radical (unpaired) electrons. The number of anilines is 2. The molecule has 0 spiro atoms. The van der Waals surface area contributed by atoms with Crippen molar-refractivity contribution >= 4 is 49.8 Å². The van der Waals surface area contributed by atoms with Gasteiger partial charge in [0.2, 0.25) is 21.1 Å². The van der Waals surface area contributed by atoms with E-state index in [-0.39, 0.29) is 0 Å². The van der Waals surface area contributed by atoms with Crippen molar-refractivity contribution in [3.8, 4) is 0 Å². The maximum absolute atomic E-state index is 12.6. The lowest BCUT2D eigenvalue weighted by molar-refractivity contribution is -0.116. The highest BCUT2D eigenvalue weighted by Gasteiger charge is 2.29. The average molecular weight is 415 g/mol. The molecule has 10 heteroatoms. The van der Waals surface area contributed by atoms with Crippen LogP contribution in [0.3, 0.4) is 0 Å². The Labute approximate surface area is 162 Å². The molecule has 0 aliphatic heterocycles. The van der Waals surface area contributed by atoms with Crippen LogP contribution in [-0.2, 0) is 14.8 Å². The molecule has 0 saturated heterocycles. The monoisotopic (exact) mass is 414 g/mol. The topological polar surface area (TPSA) is 92.3 Å². The summed E-state index contributed by atoms with van der Waals surface area (Å²) in [5.74, 6) is -0.464. The molecule has 1 aromatic heterocycles. The first-order valence-electron chi connectivity index (χ1n) is 7.95. The number of carbonyl (C=O) groups is 1. The Morgan fingerprint density at radius 2 is 1.96 bits per heavy atom. The number of amides is 1. The Balaban J connectivity index is 2.21. The van der Waals surface area contributed by atoms with Crippen LogP contribution in [0.2, 0.25) is 0 Å². The van der Waals surface area contributed by atoms with Gasteiger partial charge in [0, 0.05) is 5.25 Å². The van der Waals surface area contributed by atoms with Crippen molar-refractivity contribution in [1.82, 2.24) is 10.2 Å². The highest BCUT2D eigenvalue weighted by molar-refractivity contribution is 8.01. The predicted molar refractivity (Wildman–Crippen MR) is 107 cm³/mol. The molecule has 142 valence electrons. The summed E-state index contributed by atoms with van der Waals surface area (Å²) in [4.78, 5) is 12.6. The van der Waals surface area contributed by atoms with E-state index in [1.54, 1.807) is 36.9 Å². The van der Waals surface area contributed by atoms with E-state index in [9.17, 15) is 13.2 Å². The van der Waals surface area contributed by atoms with Crippen LogP contribution in [0.5, 0.6) is 0 Å². The highest BCUT2D eigenvalue weighted by Crippen LogP contribution is 2.29. The summed E-state index contributed by atoms with van der Waals surface area (Å²) in [7, 11) is -3.65. The Kier molecular flexibility index (Phi) is 6.64. The lowest BCUT2D eigenvalue weighted by Crippen LogP contribution is -2.45. The second-order valence-corrected chi connectivity index (χ2v) is 10.8. The molecule has 7 nitrogen and oxygen atoms in total. The summed E-state index contributed by atoms with van der Waals surface area (Å²) in [6.07, 6.45) is 1.08. The summed E-state index contributed by atoms with van der Waals surface area (Å²) in [5.41, 5.74) is 1.35. The van der Waals surface area contributed by atoms with Crippen LogP contribution in [0.4, 0.5) is 10.8 Å². The van der Waals surface area contributed by atoms with Crippen molar-refractivity contribution in [3.63, 3.8) is 0 Å². The SMILES string of the molecule is Cc1cccc(N(C(C)C(=O)Nc2nnc(SC(C)C)s2)S(C)(=O)=O)c1. The number of rotatable bonds is 7. The number of benzene rings is 1. The van der Waals surface area contributed by atoms with Gasteiger partial charge in [0.1, 0.15) is 6.04 Å². The fraction of sp³-hybridized carbons (Fsp3) is 0.438. The zero-order chi connectivity index (χ0) is 19.5. The first-order valence-corrected chi connectivity index (χ1v) is 11.5. The summed E-state index contributed by atoms with van der Waals surface area (Å²) in [6, 6.07) is 6.09. The molecule has 1 atom stereocenters. The Morgan fingerprint density at radius 1 is 1.27 bits per heavy atom. The van der Waals surface area contributed by atoms with Crippen molar-refractivity contribution in [2.24, 2.45) is 0 Å². The summed E-state index contributed by atoms with van der Waals surface area (Å²) < 4.78 is 26.4. The summed E-state index contributed by atoms with van der Waals surface area (Å²) in [6.45, 7) is 7.49. The third-order valence-corrected chi connectivity index (χ3v) is 6.49. The molecule has 1 N–H and O–H groups in total. The normalized spacial score (nSPS) is 12.8. The van der Waals surface area contributed by atoms with Crippen molar-refractivity contribution in [2.45, 2.75) is 43.3 Å². The van der Waals surface area contributed by atoms with Crippen LogP contribution in [-0.4, -0.2) is 42.1 Å². The predicted octanol–water partition coefficient (Wildman–Crippen LogP) is 3.14. The molecule has 1 heterocycles. The van der Waals surface area contributed by atoms with Gasteiger partial charge < -0.3 is 0 Å². The van der Waals surface area contributed by atoms with Gasteiger partial charge in [-0.3, -0.25) is 14.4 Å². The lowest BCUT2D eigenvalue weighted by Gasteiger charge is -2.28. The average Bonchev–Trinajstić information content (AvgIpc) is 2.92. The van der Waals surface area contributed by atoms with Gasteiger partial charge in [0.05, 0.1) is 11.9 Å². The van der Waals surface area contributed by atoms with Gasteiger partial charge in [-0.2, -0.15) is 0 Å². The van der Waals surface area contributed by atoms with Gasteiger partial charge in [-0.25, -0.2) is 8.42 Å². The van der Waals surface area contributed by atoms with Crippen LogP contribution in [0.15, 0.2) is 28.6 Å². The molecule has 0 bridgehead atoms. The van der Waals surface area contributed by atoms with E-state index < -0.39 is 22.0 Å². The minimum absolute atomic E-state index is 0.350. The molecule has 1 aromatic carbocycles. The lowest BCUT2D eigenvalue weighted by atomic mass is 10.2. The zero-order valence-corrected chi connectivity index (χ0v) is 17.7. The van der Waals surface area contributed by atoms with Crippen molar-refractivity contribution in [2.75, 3.05) is 15.9 Å². The number of hydrogen-bond donors (Lipinski definition) is 1. The zero-order valence-electron chi connectivity index (χ0n) is 15.3. The van der Waals surface area contributed by atoms with Crippen LogP contribution < -0.4 is 9.62 Å². The number of thioether (sulfide) groups is 1. The quantitative estimate of drug-likeness (QED) is 0.553. The number of hydrogen-bond acceptors (Lipinski definition) is 7. The second kappa shape index (κ2) is 8.36. The van der Waals surface area contributed by atoms with Crippen molar-refractivity contribution < 1.29 is 13.2 Å². The molecule has 1 unspecified atom stereocenters. The largest absolute Gasteiger partial charge is 0.299 e. The standard InChI is InChI=1S/C16H22N4O3S3/c1-10(2)24-16-19-18-15(25-16)17-14(21)12(4)20(26(5,22)23)13-8-6-7-11(3)9-13/h6-10,12H,1-5H3,(H,17,18,21). The number of aryl methyl sites for hydroxylation is 1. The van der Waals surface area contributed by atoms with Crippen molar-refractivity contribution in [1.29, 1.82) is 0 Å². The van der Waals surface area contributed by atoms with E-state index in [2.05, 4.69) is 15.5 Å². The summed E-state index contributed by atoms with van der Waals surface area (Å²) in [5, 5.41) is 11.3. The van der Waals surface area contributed by atoms with Crippen LogP contribution in [0, 0.1) is 6.92 Å². The summed E-state index contributed by atoms with van der Waals surface area (Å²) >= 11 is 2.82. The minimum atomic E-state index is -3.65. The maximum atomic E-state index is 12.6. The van der Waals surface area contributed by atoms with E-state index in [0.717, 1.165) is 20.5 Å². The Morgan fingerprint density at radius 3 is 2.54 bits per heavy atom. The van der Waals surface area contributed by atoms with Gasteiger partial charge in [0.15, 0.2) is 4.34 Å². The van der Waals surface area contributed by atoms with Gasteiger partial charge in [-0.15, -0.1) is 10.2 Å². The molecule has 0 saturated carbocycles. The van der Waals surface area contributed by atoms with E-state index in [4.69, 9.17) is 0 Å². The van der Waals surface area contributed by atoms with E-state index in [1.165, 1.54) is 11.3 Å². The molecular formula is C16H22N4O3S3. The van der Waals surface area contributed by atoms with E-state index in [1.807, 2.05) is 26.8 Å². The van der Waals surface area contributed by atoms with Gasteiger partial charge >= 0.3 is 0 Å². The molecule has 0 aliphatic rings. The first-order chi connectivity index (χ1) is 12.1. The van der Waals surface area contributed by atoms with E-state index in [0.29, 0.717) is 16.1 Å². The Bertz CT molecular complexity index is 880. The number of aromatic nitrogens is 2. The molecule has 26 heavy (non-hydrogen) atoms. The number of sulfonamides is 1. The van der Waals surface area contributed by atoms with Gasteiger partial charge in [0.25, 0.3) is 0 Å². The molecule has 2 aromatic rings. The highest BCUT2D eigenvalue weighted by atomic mass is 32.2. The molecule has 1 amide bonds. The minimum Gasteiger partial charge on any atom is -0.299 e. The second-order valence-electron chi connectivity index (χ2n) is 6.10. The van der Waals surface area contributed by atoms with Gasteiger partial charge in [-0.05, 0) is 31.5 Å². The molecule has 2 rings (SSSR count). The number of nitrogens with zero attached hydrogens (tertiary/aromatic N) is 3. The number of carbonyl (C=O) groups excluding carboxylic acids is 1. The van der Waals surface area contributed by atoms with Crippen LogP contribution in [0.1, 0.15) is 26.3 Å². The van der Waals surface area contributed by atoms with Gasteiger partial charge in [-0.1, -0.05) is 49.1 Å². The molecular weight excluding hydrogens is 392 g/mol. The maximum Gasteiger partial charge on any atom is 0.249 e. The van der Waals surface area contributed by atoms with E-state index >= 15 is 0 Å². The number of nitrogens with one attached hydrogen (secondary N) is 1. The first kappa shape index (κ1) is 20.7. The fourth-order valence-corrected chi connectivity index (χ4v) is 5.44. The smallest absolute Gasteiger partial charge is 0.249 e. The van der Waals surface area contributed by atoms with Crippen LogP contribution in [0.25, 0.3) is 0 Å². The molecule has 0 fully saturated rings. The van der Waals surface area contributed by atoms with Crippen LogP contribution >= 0.6 is 23.1 Å². The Hall–Kier alpha value is -1.65. The molecule has 0 aliphatic carbocycles. The third-order valence-electron chi connectivity index (χ3n) is 3.32. The fourth-order valence-electron chi connectivity index (χ4n) is 2.29. The third kappa shape index (κ3) is 5.42.